The van der Waals surface area contributed by atoms with Gasteiger partial charge in [-0.3, -0.25) is 4.79 Å². The second kappa shape index (κ2) is 7.60. The van der Waals surface area contributed by atoms with E-state index in [4.69, 9.17) is 0 Å². The van der Waals surface area contributed by atoms with E-state index in [1.54, 1.807) is 6.20 Å². The van der Waals surface area contributed by atoms with Crippen molar-refractivity contribution < 1.29 is 4.79 Å². The van der Waals surface area contributed by atoms with Crippen LogP contribution < -0.4 is 15.1 Å². The van der Waals surface area contributed by atoms with Gasteiger partial charge in [0, 0.05) is 42.1 Å². The van der Waals surface area contributed by atoms with Gasteiger partial charge in [0.25, 0.3) is 0 Å². The van der Waals surface area contributed by atoms with Gasteiger partial charge in [0.15, 0.2) is 12.1 Å². The molecule has 142 valence electrons. The Morgan fingerprint density at radius 3 is 2.86 bits per heavy atom. The van der Waals surface area contributed by atoms with Crippen molar-refractivity contribution in [3.63, 3.8) is 0 Å². The van der Waals surface area contributed by atoms with Gasteiger partial charge in [-0.1, -0.05) is 18.2 Å². The average Bonchev–Trinajstić information content (AvgIpc) is 3.00. The molecule has 28 heavy (non-hydrogen) atoms. The van der Waals surface area contributed by atoms with E-state index < -0.39 is 0 Å². The third-order valence-electron chi connectivity index (χ3n) is 4.54. The third-order valence-corrected chi connectivity index (χ3v) is 4.54. The maximum absolute atomic E-state index is 11.9. The summed E-state index contributed by atoms with van der Waals surface area (Å²) in [6.45, 7) is 4.74. The molecular formula is C22H23N5O. The number of hydrogen-bond donors (Lipinski definition) is 2. The van der Waals surface area contributed by atoms with E-state index in [9.17, 15) is 4.79 Å². The van der Waals surface area contributed by atoms with Crippen molar-refractivity contribution >= 4 is 34.5 Å². The molecule has 2 aromatic heterocycles. The Hall–Kier alpha value is -3.54. The molecular weight excluding hydrogens is 350 g/mol. The molecule has 1 aliphatic heterocycles. The number of nitrogens with one attached hydrogen (secondary N) is 2. The van der Waals surface area contributed by atoms with Gasteiger partial charge in [-0.15, -0.1) is 0 Å². The lowest BCUT2D eigenvalue weighted by Crippen LogP contribution is -2.24. The molecule has 6 heteroatoms. The van der Waals surface area contributed by atoms with Crippen LogP contribution in [0, 0.1) is 0 Å². The first-order chi connectivity index (χ1) is 13.7. The fraction of sp³-hybridized carbons (Fsp3) is 0.182. The maximum Gasteiger partial charge on any atom is 0.168 e. The zero-order chi connectivity index (χ0) is 19.5. The predicted octanol–water partition coefficient (Wildman–Crippen LogP) is 4.26. The number of para-hydroxylation sites is 1. The number of carbonyl (C=O) groups excluding carboxylic acids is 1. The Balaban J connectivity index is 1.72. The standard InChI is InChI=1S/C22H23N5O/c1-16(2)24-20-9-5-10-23-22(20)26-11-6-12-27(18(14-26)15-28)21-13-17-7-3-4-8-19(17)25-21/h3-11,13-16,24-25H,12H2,1-2H3. The minimum absolute atomic E-state index is 0.274. The zero-order valence-corrected chi connectivity index (χ0v) is 16.0. The van der Waals surface area contributed by atoms with Crippen LogP contribution >= 0.6 is 0 Å². The lowest BCUT2D eigenvalue weighted by Gasteiger charge is -2.22. The molecule has 0 amide bonds. The number of aldehydes is 1. The van der Waals surface area contributed by atoms with Crippen molar-refractivity contribution in [2.45, 2.75) is 19.9 Å². The fourth-order valence-electron chi connectivity index (χ4n) is 3.32. The molecule has 0 unspecified atom stereocenters. The van der Waals surface area contributed by atoms with E-state index in [0.29, 0.717) is 12.2 Å². The summed E-state index contributed by atoms with van der Waals surface area (Å²) in [6, 6.07) is 14.3. The quantitative estimate of drug-likeness (QED) is 0.654. The van der Waals surface area contributed by atoms with Crippen LogP contribution in [-0.2, 0) is 4.79 Å². The first-order valence-corrected chi connectivity index (χ1v) is 9.34. The van der Waals surface area contributed by atoms with Crippen LogP contribution in [0.25, 0.3) is 10.9 Å². The van der Waals surface area contributed by atoms with Crippen molar-refractivity contribution in [2.24, 2.45) is 0 Å². The van der Waals surface area contributed by atoms with Crippen molar-refractivity contribution in [3.8, 4) is 0 Å². The highest BCUT2D eigenvalue weighted by atomic mass is 16.1. The number of H-pyrrole nitrogens is 1. The van der Waals surface area contributed by atoms with Crippen molar-refractivity contribution in [3.05, 3.63) is 72.8 Å². The molecule has 2 N–H and O–H groups in total. The topological polar surface area (TPSA) is 64.3 Å². The summed E-state index contributed by atoms with van der Waals surface area (Å²) in [5, 5.41) is 4.52. The molecule has 0 saturated heterocycles. The minimum Gasteiger partial charge on any atom is -0.380 e. The second-order valence-electron chi connectivity index (χ2n) is 6.99. The van der Waals surface area contributed by atoms with Crippen LogP contribution in [0.15, 0.2) is 72.8 Å². The van der Waals surface area contributed by atoms with Gasteiger partial charge in [-0.05, 0) is 44.2 Å². The monoisotopic (exact) mass is 373 g/mol. The van der Waals surface area contributed by atoms with Gasteiger partial charge < -0.3 is 20.1 Å². The van der Waals surface area contributed by atoms with Gasteiger partial charge in [0.2, 0.25) is 0 Å². The summed E-state index contributed by atoms with van der Waals surface area (Å²) in [4.78, 5) is 23.7. The number of fused-ring (bicyclic) bond motifs is 1. The molecule has 3 aromatic rings. The van der Waals surface area contributed by atoms with Crippen LogP contribution in [0.3, 0.4) is 0 Å². The Morgan fingerprint density at radius 2 is 2.07 bits per heavy atom. The zero-order valence-electron chi connectivity index (χ0n) is 16.0. The highest BCUT2D eigenvalue weighted by Gasteiger charge is 2.19. The highest BCUT2D eigenvalue weighted by molar-refractivity contribution is 5.88. The number of rotatable bonds is 5. The average molecular weight is 373 g/mol. The van der Waals surface area contributed by atoms with E-state index in [-0.39, 0.29) is 6.04 Å². The van der Waals surface area contributed by atoms with Crippen molar-refractivity contribution in [1.82, 2.24) is 9.97 Å². The number of carbonyl (C=O) groups is 1. The predicted molar refractivity (Wildman–Crippen MR) is 114 cm³/mol. The molecule has 0 bridgehead atoms. The molecule has 0 radical (unpaired) electrons. The third kappa shape index (κ3) is 3.49. The molecule has 0 fully saturated rings. The van der Waals surface area contributed by atoms with Crippen molar-refractivity contribution in [1.29, 1.82) is 0 Å². The van der Waals surface area contributed by atoms with Gasteiger partial charge in [0.05, 0.1) is 11.4 Å². The van der Waals surface area contributed by atoms with Crippen LogP contribution in [0.4, 0.5) is 17.3 Å². The van der Waals surface area contributed by atoms with Gasteiger partial charge >= 0.3 is 0 Å². The molecule has 6 nitrogen and oxygen atoms in total. The molecule has 0 aliphatic carbocycles. The van der Waals surface area contributed by atoms with Crippen LogP contribution in [0.1, 0.15) is 13.8 Å². The van der Waals surface area contributed by atoms with Crippen LogP contribution in [0.5, 0.6) is 0 Å². The van der Waals surface area contributed by atoms with E-state index in [2.05, 4.69) is 41.3 Å². The number of allylic oxidation sites excluding steroid dienone is 1. The highest BCUT2D eigenvalue weighted by Crippen LogP contribution is 2.29. The van der Waals surface area contributed by atoms with Gasteiger partial charge in [0.1, 0.15) is 5.82 Å². The van der Waals surface area contributed by atoms with E-state index in [0.717, 1.165) is 34.5 Å². The van der Waals surface area contributed by atoms with Crippen LogP contribution in [-0.4, -0.2) is 28.8 Å². The molecule has 0 atom stereocenters. The molecule has 4 rings (SSSR count). The summed E-state index contributed by atoms with van der Waals surface area (Å²) in [5.74, 6) is 1.64. The van der Waals surface area contributed by atoms with E-state index >= 15 is 0 Å². The SMILES string of the molecule is CC(C)Nc1cccnc1N1C=CCN(c2cc3ccccc3[nH]2)C(C=O)=C1. The number of pyridine rings is 1. The first kappa shape index (κ1) is 17.9. The number of hydrogen-bond acceptors (Lipinski definition) is 5. The molecule has 1 aliphatic rings. The number of benzene rings is 1. The Morgan fingerprint density at radius 1 is 1.21 bits per heavy atom. The summed E-state index contributed by atoms with van der Waals surface area (Å²) in [7, 11) is 0. The summed E-state index contributed by atoms with van der Waals surface area (Å²) in [5.41, 5.74) is 2.52. The summed E-state index contributed by atoms with van der Waals surface area (Å²) < 4.78 is 0. The lowest BCUT2D eigenvalue weighted by molar-refractivity contribution is -0.105. The first-order valence-electron chi connectivity index (χ1n) is 9.34. The van der Waals surface area contributed by atoms with Crippen LogP contribution in [0.2, 0.25) is 0 Å². The molecule has 0 spiro atoms. The van der Waals surface area contributed by atoms with E-state index in [1.165, 1.54) is 0 Å². The van der Waals surface area contributed by atoms with Gasteiger partial charge in [-0.25, -0.2) is 4.98 Å². The maximum atomic E-state index is 11.9. The Bertz CT molecular complexity index is 1020. The summed E-state index contributed by atoms with van der Waals surface area (Å²) >= 11 is 0. The smallest absolute Gasteiger partial charge is 0.168 e. The Kier molecular flexibility index (Phi) is 4.85. The second-order valence-corrected chi connectivity index (χ2v) is 6.99. The summed E-state index contributed by atoms with van der Waals surface area (Å²) in [6.07, 6.45) is 8.41. The Labute approximate surface area is 164 Å². The normalized spacial score (nSPS) is 14.3. The number of anilines is 3. The molecule has 3 heterocycles. The van der Waals surface area contributed by atoms with Gasteiger partial charge in [-0.2, -0.15) is 0 Å². The number of aromatic amines is 1. The minimum atomic E-state index is 0.274. The van der Waals surface area contributed by atoms with E-state index in [1.807, 2.05) is 58.6 Å². The number of aromatic nitrogens is 2. The fourth-order valence-corrected chi connectivity index (χ4v) is 3.32. The molecule has 1 aromatic carbocycles. The molecule has 0 saturated carbocycles. The number of nitrogens with zero attached hydrogens (tertiary/aromatic N) is 3. The largest absolute Gasteiger partial charge is 0.380 e. The van der Waals surface area contributed by atoms with Crippen molar-refractivity contribution in [2.75, 3.05) is 21.7 Å². The lowest BCUT2D eigenvalue weighted by atomic mass is 10.2.